The van der Waals surface area contributed by atoms with Crippen LogP contribution in [0.25, 0.3) is 0 Å². The molecule has 38 heavy (non-hydrogen) atoms. The van der Waals surface area contributed by atoms with E-state index >= 15 is 0 Å². The van der Waals surface area contributed by atoms with Crippen molar-refractivity contribution in [3.05, 3.63) is 52.1 Å². The summed E-state index contributed by atoms with van der Waals surface area (Å²) in [6, 6.07) is 4.07. The van der Waals surface area contributed by atoms with Gasteiger partial charge in [-0.2, -0.15) is 0 Å². The molecule has 0 bridgehead atoms. The number of halogens is 1. The lowest BCUT2D eigenvalue weighted by atomic mass is 9.94. The molecular formula is C28H36FN3O5S. The van der Waals surface area contributed by atoms with Crippen molar-refractivity contribution in [1.82, 2.24) is 9.88 Å². The first-order valence-electron chi connectivity index (χ1n) is 13.2. The SMILES string of the molecule is Cc1cc(NC(=O)c2c(C)c(C(=O)C(=O)N[C@H]3CC[C@@H](S(C)(=O)=O)CC3)n(C)c2C2CCCC2)ccc1F. The molecule has 0 spiro atoms. The van der Waals surface area contributed by atoms with Gasteiger partial charge in [0.1, 0.15) is 15.7 Å². The number of aryl methyl sites for hydroxylation is 1. The number of carbonyl (C=O) groups excluding carboxylic acids is 3. The molecular weight excluding hydrogens is 509 g/mol. The Morgan fingerprint density at radius 3 is 2.21 bits per heavy atom. The van der Waals surface area contributed by atoms with Crippen molar-refractivity contribution < 1.29 is 27.2 Å². The van der Waals surface area contributed by atoms with Crippen LogP contribution in [0.15, 0.2) is 18.2 Å². The average Bonchev–Trinajstić information content (AvgIpc) is 3.46. The Labute approximate surface area is 223 Å². The number of anilines is 1. The first-order valence-corrected chi connectivity index (χ1v) is 15.1. The molecule has 0 aliphatic heterocycles. The molecule has 4 rings (SSSR count). The van der Waals surface area contributed by atoms with Gasteiger partial charge in [0.2, 0.25) is 0 Å². The third-order valence-electron chi connectivity index (χ3n) is 8.10. The second-order valence-corrected chi connectivity index (χ2v) is 13.1. The fourth-order valence-electron chi connectivity index (χ4n) is 6.05. The Hall–Kier alpha value is -3.01. The van der Waals surface area contributed by atoms with Crippen molar-refractivity contribution in [1.29, 1.82) is 0 Å². The van der Waals surface area contributed by atoms with Gasteiger partial charge >= 0.3 is 0 Å². The van der Waals surface area contributed by atoms with E-state index in [1.54, 1.807) is 31.5 Å². The maximum Gasteiger partial charge on any atom is 0.294 e. The van der Waals surface area contributed by atoms with E-state index in [-0.39, 0.29) is 23.5 Å². The van der Waals surface area contributed by atoms with Gasteiger partial charge in [0, 0.05) is 36.6 Å². The minimum Gasteiger partial charge on any atom is -0.346 e. The molecule has 0 radical (unpaired) electrons. The van der Waals surface area contributed by atoms with Gasteiger partial charge in [0.05, 0.1) is 16.5 Å². The zero-order valence-electron chi connectivity index (χ0n) is 22.4. The highest BCUT2D eigenvalue weighted by Crippen LogP contribution is 2.39. The molecule has 2 aromatic rings. The Balaban J connectivity index is 1.59. The molecule has 1 aromatic carbocycles. The fourth-order valence-corrected chi connectivity index (χ4v) is 7.18. The van der Waals surface area contributed by atoms with Gasteiger partial charge < -0.3 is 15.2 Å². The van der Waals surface area contributed by atoms with Crippen molar-refractivity contribution in [3.63, 3.8) is 0 Å². The third kappa shape index (κ3) is 5.70. The minimum absolute atomic E-state index is 0.0882. The van der Waals surface area contributed by atoms with E-state index in [1.165, 1.54) is 18.4 Å². The molecule has 2 saturated carbocycles. The van der Waals surface area contributed by atoms with E-state index in [9.17, 15) is 27.2 Å². The van der Waals surface area contributed by atoms with E-state index < -0.39 is 32.7 Å². The van der Waals surface area contributed by atoms with Gasteiger partial charge in [-0.25, -0.2) is 12.8 Å². The van der Waals surface area contributed by atoms with Crippen LogP contribution in [0, 0.1) is 19.7 Å². The number of aromatic nitrogens is 1. The van der Waals surface area contributed by atoms with E-state index in [0.717, 1.165) is 31.4 Å². The molecule has 2 aliphatic rings. The molecule has 2 aliphatic carbocycles. The summed E-state index contributed by atoms with van der Waals surface area (Å²) >= 11 is 0. The summed E-state index contributed by atoms with van der Waals surface area (Å²) in [6.45, 7) is 3.30. The second-order valence-electron chi connectivity index (χ2n) is 10.8. The summed E-state index contributed by atoms with van der Waals surface area (Å²) in [4.78, 5) is 40.0. The highest BCUT2D eigenvalue weighted by atomic mass is 32.2. The van der Waals surface area contributed by atoms with Gasteiger partial charge in [0.25, 0.3) is 17.6 Å². The molecule has 1 heterocycles. The zero-order valence-corrected chi connectivity index (χ0v) is 23.2. The van der Waals surface area contributed by atoms with Gasteiger partial charge in [-0.15, -0.1) is 0 Å². The Morgan fingerprint density at radius 2 is 1.63 bits per heavy atom. The fraction of sp³-hybridized carbons (Fsp3) is 0.536. The summed E-state index contributed by atoms with van der Waals surface area (Å²) < 4.78 is 39.1. The van der Waals surface area contributed by atoms with Crippen LogP contribution >= 0.6 is 0 Å². The number of benzene rings is 1. The quantitative estimate of drug-likeness (QED) is 0.397. The van der Waals surface area contributed by atoms with Crippen molar-refractivity contribution in [2.24, 2.45) is 7.05 Å². The summed E-state index contributed by atoms with van der Waals surface area (Å²) in [5, 5.41) is 5.22. The van der Waals surface area contributed by atoms with Gasteiger partial charge in [-0.1, -0.05) is 12.8 Å². The van der Waals surface area contributed by atoms with Gasteiger partial charge in [-0.3, -0.25) is 14.4 Å². The summed E-state index contributed by atoms with van der Waals surface area (Å²) in [5.41, 5.74) is 2.58. The first-order chi connectivity index (χ1) is 17.9. The molecule has 10 heteroatoms. The molecule has 2 fully saturated rings. The normalized spacial score (nSPS) is 20.3. The number of hydrogen-bond donors (Lipinski definition) is 2. The monoisotopic (exact) mass is 545 g/mol. The van der Waals surface area contributed by atoms with E-state index in [2.05, 4.69) is 10.6 Å². The number of rotatable bonds is 7. The first kappa shape index (κ1) is 28.0. The lowest BCUT2D eigenvalue weighted by Gasteiger charge is -2.27. The summed E-state index contributed by atoms with van der Waals surface area (Å²) in [5.74, 6) is -2.15. The second kappa shape index (κ2) is 11.0. The zero-order chi connectivity index (χ0) is 27.8. The van der Waals surface area contributed by atoms with Gasteiger partial charge in [0.15, 0.2) is 0 Å². The minimum atomic E-state index is -3.13. The molecule has 8 nitrogen and oxygen atoms in total. The smallest absolute Gasteiger partial charge is 0.294 e. The van der Waals surface area contributed by atoms with Crippen LogP contribution in [0.3, 0.4) is 0 Å². The Bertz CT molecular complexity index is 1370. The average molecular weight is 546 g/mol. The van der Waals surface area contributed by atoms with Crippen LogP contribution in [0.1, 0.15) is 95.0 Å². The Morgan fingerprint density at radius 1 is 1.00 bits per heavy atom. The van der Waals surface area contributed by atoms with Crippen LogP contribution in [0.4, 0.5) is 10.1 Å². The largest absolute Gasteiger partial charge is 0.346 e. The van der Waals surface area contributed by atoms with Crippen LogP contribution in [-0.2, 0) is 21.7 Å². The number of sulfone groups is 1. The number of ketones is 1. The van der Waals surface area contributed by atoms with Crippen molar-refractivity contribution in [2.75, 3.05) is 11.6 Å². The summed E-state index contributed by atoms with van der Waals surface area (Å²) in [7, 11) is -1.41. The van der Waals surface area contributed by atoms with E-state index in [0.29, 0.717) is 48.1 Å². The van der Waals surface area contributed by atoms with Crippen LogP contribution < -0.4 is 10.6 Å². The lowest BCUT2D eigenvalue weighted by Crippen LogP contribution is -2.43. The number of carbonyl (C=O) groups is 3. The van der Waals surface area contributed by atoms with Gasteiger partial charge in [-0.05, 0) is 81.7 Å². The van der Waals surface area contributed by atoms with Crippen LogP contribution in [0.5, 0.6) is 0 Å². The number of Topliss-reactive ketones (excluding diaryl/α,β-unsaturated/α-hetero) is 1. The number of nitrogens with one attached hydrogen (secondary N) is 2. The van der Waals surface area contributed by atoms with E-state index in [4.69, 9.17) is 0 Å². The highest BCUT2D eigenvalue weighted by molar-refractivity contribution is 7.91. The number of hydrogen-bond acceptors (Lipinski definition) is 5. The molecule has 1 aromatic heterocycles. The highest BCUT2D eigenvalue weighted by Gasteiger charge is 2.35. The summed E-state index contributed by atoms with van der Waals surface area (Å²) in [6.07, 6.45) is 6.90. The van der Waals surface area contributed by atoms with Crippen LogP contribution in [-0.4, -0.2) is 48.1 Å². The topological polar surface area (TPSA) is 114 Å². The lowest BCUT2D eigenvalue weighted by molar-refractivity contribution is -0.117. The van der Waals surface area contributed by atoms with Crippen molar-refractivity contribution in [2.45, 2.75) is 82.4 Å². The van der Waals surface area contributed by atoms with Crippen molar-refractivity contribution in [3.8, 4) is 0 Å². The van der Waals surface area contributed by atoms with Crippen molar-refractivity contribution >= 4 is 33.1 Å². The predicted molar refractivity (Wildman–Crippen MR) is 144 cm³/mol. The Kier molecular flexibility index (Phi) is 8.11. The number of nitrogens with zero attached hydrogens (tertiary/aromatic N) is 1. The third-order valence-corrected chi connectivity index (χ3v) is 9.79. The standard InChI is InChI=1S/C28H36FN3O5S/c1-16-15-20(11-14-22(16)29)31-27(34)23-17(2)24(32(3)25(23)18-7-5-6-8-18)26(33)28(35)30-19-9-12-21(13-10-19)38(4,36)37/h11,14-15,18-19,21H,5-10,12-13H2,1-4H3,(H,30,35)(H,31,34)/t19-,21+. The maximum absolute atomic E-state index is 13.7. The van der Waals surface area contributed by atoms with E-state index in [1.807, 2.05) is 0 Å². The molecule has 206 valence electrons. The predicted octanol–water partition coefficient (Wildman–Crippen LogP) is 4.35. The molecule has 2 amide bonds. The van der Waals surface area contributed by atoms with Crippen LogP contribution in [0.2, 0.25) is 0 Å². The molecule has 0 atom stereocenters. The maximum atomic E-state index is 13.7. The molecule has 0 saturated heterocycles. The molecule has 0 unspecified atom stereocenters. The number of amides is 2. The molecule has 2 N–H and O–H groups in total.